The predicted octanol–water partition coefficient (Wildman–Crippen LogP) is 4.85. The van der Waals surface area contributed by atoms with E-state index in [0.717, 1.165) is 63.5 Å². The molecule has 6 atom stereocenters. The molecule has 0 spiro atoms. The molecule has 7 nitrogen and oxygen atoms in total. The number of benzene rings is 2. The largest absolute Gasteiger partial charge is 0.341 e. The standard InChI is InChI=1S/C29H27N7/c30-13-25-27(36-29(34-25)24-12-20-10-22(20)33-24)18-7-3-16(4-8-18)15-1-5-17(6-2-15)26-14-31-28(35-26)23-11-19-9-21(19)32-23/h1-8,14,19-24,32-33H,9-12H2,(H,31,35)(H,34,36)/t19-,20+,21-,22+,23-,24-/m0/s1. The Morgan fingerprint density at radius 2 is 1.28 bits per heavy atom. The first-order valence-corrected chi connectivity index (χ1v) is 13.0. The highest BCUT2D eigenvalue weighted by molar-refractivity contribution is 5.73. The van der Waals surface area contributed by atoms with Crippen LogP contribution in [-0.4, -0.2) is 32.0 Å². The first-order valence-electron chi connectivity index (χ1n) is 13.0. The number of aromatic amines is 2. The fourth-order valence-corrected chi connectivity index (χ4v) is 6.24. The van der Waals surface area contributed by atoms with E-state index in [0.29, 0.717) is 23.8 Å². The van der Waals surface area contributed by atoms with Gasteiger partial charge in [-0.2, -0.15) is 5.26 Å². The van der Waals surface area contributed by atoms with Gasteiger partial charge in [0.25, 0.3) is 0 Å². The Kier molecular flexibility index (Phi) is 4.34. The second kappa shape index (κ2) is 7.63. The molecule has 2 aliphatic carbocycles. The highest BCUT2D eigenvalue weighted by atomic mass is 15.1. The van der Waals surface area contributed by atoms with E-state index in [1.807, 2.05) is 6.20 Å². The van der Waals surface area contributed by atoms with E-state index in [1.54, 1.807) is 0 Å². The molecule has 178 valence electrons. The summed E-state index contributed by atoms with van der Waals surface area (Å²) in [5.41, 5.74) is 6.75. The van der Waals surface area contributed by atoms with Crippen LogP contribution in [0.3, 0.4) is 0 Å². The number of hydrogen-bond acceptors (Lipinski definition) is 5. The maximum atomic E-state index is 9.66. The first kappa shape index (κ1) is 20.5. The number of rotatable bonds is 5. The molecule has 2 aliphatic heterocycles. The molecule has 0 amide bonds. The molecule has 8 rings (SSSR count). The van der Waals surface area contributed by atoms with Crippen LogP contribution in [0.5, 0.6) is 0 Å². The van der Waals surface area contributed by atoms with Gasteiger partial charge < -0.3 is 20.6 Å². The number of nitrogens with zero attached hydrogens (tertiary/aromatic N) is 3. The molecule has 4 N–H and O–H groups in total. The van der Waals surface area contributed by atoms with Crippen LogP contribution in [0.4, 0.5) is 0 Å². The van der Waals surface area contributed by atoms with Crippen molar-refractivity contribution in [3.8, 4) is 39.7 Å². The molecule has 36 heavy (non-hydrogen) atoms. The maximum absolute atomic E-state index is 9.66. The summed E-state index contributed by atoms with van der Waals surface area (Å²) in [5, 5.41) is 16.9. The number of aromatic nitrogens is 4. The van der Waals surface area contributed by atoms with Gasteiger partial charge in [-0.3, -0.25) is 0 Å². The maximum Gasteiger partial charge on any atom is 0.166 e. The number of imidazole rings is 2. The zero-order chi connectivity index (χ0) is 23.8. The molecule has 0 bridgehead atoms. The van der Waals surface area contributed by atoms with Crippen LogP contribution >= 0.6 is 0 Å². The van der Waals surface area contributed by atoms with Gasteiger partial charge in [0.2, 0.25) is 0 Å². The van der Waals surface area contributed by atoms with Crippen molar-refractivity contribution in [2.75, 3.05) is 0 Å². The summed E-state index contributed by atoms with van der Waals surface area (Å²) < 4.78 is 0. The van der Waals surface area contributed by atoms with Gasteiger partial charge in [0, 0.05) is 17.6 Å². The molecule has 2 saturated carbocycles. The van der Waals surface area contributed by atoms with E-state index in [4.69, 9.17) is 0 Å². The Labute approximate surface area is 209 Å². The first-order chi connectivity index (χ1) is 17.7. The average Bonchev–Trinajstić information content (AvgIpc) is 3.50. The lowest BCUT2D eigenvalue weighted by Gasteiger charge is -2.09. The quantitative estimate of drug-likeness (QED) is 0.332. The van der Waals surface area contributed by atoms with E-state index < -0.39 is 0 Å². The zero-order valence-electron chi connectivity index (χ0n) is 19.8. The van der Waals surface area contributed by atoms with Gasteiger partial charge in [-0.25, -0.2) is 9.97 Å². The van der Waals surface area contributed by atoms with Gasteiger partial charge in [-0.1, -0.05) is 48.5 Å². The molecule has 2 aromatic carbocycles. The molecule has 7 heteroatoms. The van der Waals surface area contributed by atoms with Crippen molar-refractivity contribution in [2.45, 2.75) is 49.9 Å². The van der Waals surface area contributed by atoms with Gasteiger partial charge in [-0.15, -0.1) is 0 Å². The molecular formula is C29H27N7. The second-order valence-electron chi connectivity index (χ2n) is 10.9. The van der Waals surface area contributed by atoms with Crippen molar-refractivity contribution in [1.29, 1.82) is 5.26 Å². The lowest BCUT2D eigenvalue weighted by atomic mass is 10.0. The van der Waals surface area contributed by atoms with Crippen LogP contribution in [0.25, 0.3) is 33.6 Å². The minimum atomic E-state index is 0.235. The Balaban J connectivity index is 1.00. The SMILES string of the molecule is N#Cc1nc([C@@H]2C[C@H]3C[C@H]3N2)[nH]c1-c1ccc(-c2ccc(-c3cnc([C@@H]4C[C@@H]5C[C@@H]5N4)[nH]3)cc2)cc1. The van der Waals surface area contributed by atoms with Gasteiger partial charge in [-0.05, 0) is 54.2 Å². The number of nitrogens with one attached hydrogen (secondary N) is 4. The monoisotopic (exact) mass is 473 g/mol. The van der Waals surface area contributed by atoms with Crippen LogP contribution in [0, 0.1) is 23.2 Å². The number of fused-ring (bicyclic) bond motifs is 2. The van der Waals surface area contributed by atoms with E-state index in [2.05, 4.69) is 85.2 Å². The third-order valence-corrected chi connectivity index (χ3v) is 8.54. The summed E-state index contributed by atoms with van der Waals surface area (Å²) in [5.74, 6) is 3.57. The van der Waals surface area contributed by atoms with Crippen LogP contribution in [0.2, 0.25) is 0 Å². The number of H-pyrrole nitrogens is 2. The summed E-state index contributed by atoms with van der Waals surface area (Å²) in [6.07, 6.45) is 6.85. The van der Waals surface area contributed by atoms with E-state index in [1.165, 1.54) is 19.3 Å². The lowest BCUT2D eigenvalue weighted by molar-refractivity contribution is 0.543. The van der Waals surface area contributed by atoms with Gasteiger partial charge >= 0.3 is 0 Å². The van der Waals surface area contributed by atoms with Crippen molar-refractivity contribution in [2.24, 2.45) is 11.8 Å². The molecule has 0 radical (unpaired) electrons. The number of hydrogen-bond donors (Lipinski definition) is 4. The molecule has 4 aliphatic rings. The lowest BCUT2D eigenvalue weighted by Crippen LogP contribution is -2.18. The molecule has 4 heterocycles. The Morgan fingerprint density at radius 3 is 1.86 bits per heavy atom. The number of piperidine rings is 2. The Bertz CT molecular complexity index is 1470. The van der Waals surface area contributed by atoms with Crippen LogP contribution < -0.4 is 10.6 Å². The summed E-state index contributed by atoms with van der Waals surface area (Å²) >= 11 is 0. The molecule has 0 unspecified atom stereocenters. The van der Waals surface area contributed by atoms with Gasteiger partial charge in [0.1, 0.15) is 17.7 Å². The van der Waals surface area contributed by atoms with Crippen molar-refractivity contribution in [1.82, 2.24) is 30.6 Å². The summed E-state index contributed by atoms with van der Waals surface area (Å²) in [7, 11) is 0. The smallest absolute Gasteiger partial charge is 0.166 e. The third-order valence-electron chi connectivity index (χ3n) is 8.54. The van der Waals surface area contributed by atoms with Gasteiger partial charge in [0.15, 0.2) is 5.69 Å². The predicted molar refractivity (Wildman–Crippen MR) is 137 cm³/mol. The van der Waals surface area contributed by atoms with Crippen molar-refractivity contribution >= 4 is 0 Å². The highest BCUT2D eigenvalue weighted by Crippen LogP contribution is 2.46. The molecule has 2 aromatic heterocycles. The van der Waals surface area contributed by atoms with Crippen LogP contribution in [-0.2, 0) is 0 Å². The van der Waals surface area contributed by atoms with Crippen molar-refractivity contribution in [3.05, 3.63) is 72.1 Å². The summed E-state index contributed by atoms with van der Waals surface area (Å²) in [6.45, 7) is 0. The second-order valence-corrected chi connectivity index (χ2v) is 10.9. The third kappa shape index (κ3) is 3.41. The van der Waals surface area contributed by atoms with Crippen LogP contribution in [0.1, 0.15) is 55.1 Å². The van der Waals surface area contributed by atoms with Crippen molar-refractivity contribution < 1.29 is 0 Å². The normalized spacial score (nSPS) is 29.5. The average molecular weight is 474 g/mol. The summed E-state index contributed by atoms with van der Waals surface area (Å²) in [4.78, 5) is 16.2. The highest BCUT2D eigenvalue weighted by Gasteiger charge is 2.47. The zero-order valence-corrected chi connectivity index (χ0v) is 19.8. The van der Waals surface area contributed by atoms with E-state index in [9.17, 15) is 5.26 Å². The number of nitriles is 1. The molecule has 4 fully saturated rings. The fraction of sp³-hybridized carbons (Fsp3) is 0.345. The Morgan fingerprint density at radius 1 is 0.694 bits per heavy atom. The minimum Gasteiger partial charge on any atom is -0.341 e. The molecule has 4 aromatic rings. The van der Waals surface area contributed by atoms with Crippen molar-refractivity contribution in [3.63, 3.8) is 0 Å². The summed E-state index contributed by atoms with van der Waals surface area (Å²) in [6, 6.07) is 21.2. The fourth-order valence-electron chi connectivity index (χ4n) is 6.24. The molecular weight excluding hydrogens is 446 g/mol. The van der Waals surface area contributed by atoms with Crippen LogP contribution in [0.15, 0.2) is 54.7 Å². The topological polar surface area (TPSA) is 105 Å². The minimum absolute atomic E-state index is 0.235. The Hall–Kier alpha value is -3.73. The van der Waals surface area contributed by atoms with E-state index >= 15 is 0 Å². The van der Waals surface area contributed by atoms with Gasteiger partial charge in [0.05, 0.1) is 29.7 Å². The van der Waals surface area contributed by atoms with E-state index in [-0.39, 0.29) is 6.04 Å². The molecule has 2 saturated heterocycles.